The number of hydrogen-bond acceptors (Lipinski definition) is 4. The topological polar surface area (TPSA) is 68.5 Å². The van der Waals surface area contributed by atoms with Gasteiger partial charge in [-0.15, -0.1) is 0 Å². The van der Waals surface area contributed by atoms with E-state index in [1.165, 1.54) is 19.2 Å². The largest absolute Gasteiger partial charge is 0.507 e. The van der Waals surface area contributed by atoms with E-state index in [1.807, 2.05) is 0 Å². The van der Waals surface area contributed by atoms with Gasteiger partial charge in [0.2, 0.25) is 0 Å². The van der Waals surface area contributed by atoms with E-state index in [9.17, 15) is 27.9 Å². The van der Waals surface area contributed by atoms with E-state index in [1.54, 1.807) is 0 Å². The van der Waals surface area contributed by atoms with E-state index >= 15 is 0 Å². The van der Waals surface area contributed by atoms with Gasteiger partial charge in [0.15, 0.2) is 0 Å². The monoisotopic (exact) mass is 327 g/mol. The van der Waals surface area contributed by atoms with Crippen molar-refractivity contribution in [2.45, 2.75) is 12.8 Å². The highest BCUT2D eigenvalue weighted by atomic mass is 19.4. The van der Waals surface area contributed by atoms with Crippen LogP contribution in [0.25, 0.3) is 0 Å². The number of benzene rings is 1. The number of pyridine rings is 1. The van der Waals surface area contributed by atoms with Gasteiger partial charge in [-0.3, -0.25) is 4.79 Å². The lowest BCUT2D eigenvalue weighted by Gasteiger charge is -2.09. The van der Waals surface area contributed by atoms with Crippen LogP contribution < -0.4 is 5.56 Å². The minimum atomic E-state index is -4.43. The first kappa shape index (κ1) is 16.6. The Labute approximate surface area is 128 Å². The molecular formula is C15H12F3NO4. The maximum absolute atomic E-state index is 12.4. The third-order valence-electron chi connectivity index (χ3n) is 3.08. The molecule has 0 spiro atoms. The fraction of sp³-hybridized carbons (Fsp3) is 0.200. The molecule has 1 heterocycles. The molecule has 0 aliphatic rings. The number of carbonyl (C=O) groups is 1. The van der Waals surface area contributed by atoms with E-state index in [0.29, 0.717) is 5.56 Å². The van der Waals surface area contributed by atoms with Crippen molar-refractivity contribution < 1.29 is 27.8 Å². The molecule has 1 aromatic carbocycles. The molecule has 2 rings (SSSR count). The summed E-state index contributed by atoms with van der Waals surface area (Å²) in [6.07, 6.45) is -3.32. The molecule has 8 heteroatoms. The lowest BCUT2D eigenvalue weighted by molar-refractivity contribution is -0.137. The van der Waals surface area contributed by atoms with Gasteiger partial charge in [0.25, 0.3) is 5.56 Å². The van der Waals surface area contributed by atoms with Gasteiger partial charge in [-0.2, -0.15) is 13.2 Å². The molecule has 0 saturated heterocycles. The summed E-state index contributed by atoms with van der Waals surface area (Å²) < 4.78 is 43.3. The summed E-state index contributed by atoms with van der Waals surface area (Å²) in [5.41, 5.74) is -1.15. The van der Waals surface area contributed by atoms with Gasteiger partial charge >= 0.3 is 12.1 Å². The van der Waals surface area contributed by atoms with E-state index in [4.69, 9.17) is 4.74 Å². The van der Waals surface area contributed by atoms with Crippen molar-refractivity contribution in [1.29, 1.82) is 0 Å². The zero-order valence-corrected chi connectivity index (χ0v) is 11.9. The van der Waals surface area contributed by atoms with Crippen molar-refractivity contribution in [3.05, 3.63) is 63.6 Å². The maximum atomic E-state index is 12.4. The molecule has 122 valence electrons. The van der Waals surface area contributed by atoms with E-state index in [-0.39, 0.29) is 12.2 Å². The molecule has 5 nitrogen and oxygen atoms in total. The van der Waals surface area contributed by atoms with Crippen molar-refractivity contribution in [2.24, 2.45) is 7.05 Å². The highest BCUT2D eigenvalue weighted by Gasteiger charge is 2.29. The number of carbonyl (C=O) groups excluding carboxylic acids is 1. The van der Waals surface area contributed by atoms with Gasteiger partial charge in [0, 0.05) is 19.3 Å². The van der Waals surface area contributed by atoms with Crippen LogP contribution in [-0.4, -0.2) is 15.6 Å². The number of hydrogen-bond donors (Lipinski definition) is 1. The van der Waals surface area contributed by atoms with Gasteiger partial charge in [-0.1, -0.05) is 12.1 Å². The first-order valence-electron chi connectivity index (χ1n) is 6.41. The third-order valence-corrected chi connectivity index (χ3v) is 3.08. The number of aryl methyl sites for hydroxylation is 1. The van der Waals surface area contributed by atoms with Crippen LogP contribution in [0.2, 0.25) is 0 Å². The average Bonchev–Trinajstić information content (AvgIpc) is 2.48. The van der Waals surface area contributed by atoms with Crippen LogP contribution in [0, 0.1) is 0 Å². The first-order valence-corrected chi connectivity index (χ1v) is 6.41. The van der Waals surface area contributed by atoms with Gasteiger partial charge < -0.3 is 14.4 Å². The fourth-order valence-corrected chi connectivity index (χ4v) is 1.79. The fourth-order valence-electron chi connectivity index (χ4n) is 1.79. The van der Waals surface area contributed by atoms with Crippen LogP contribution in [0.3, 0.4) is 0 Å². The molecule has 0 aliphatic heterocycles. The van der Waals surface area contributed by atoms with Crippen LogP contribution in [-0.2, 0) is 24.6 Å². The molecular weight excluding hydrogens is 315 g/mol. The number of esters is 1. The minimum Gasteiger partial charge on any atom is -0.507 e. The van der Waals surface area contributed by atoms with Crippen molar-refractivity contribution in [3.8, 4) is 5.75 Å². The molecule has 0 aliphatic carbocycles. The second-order valence-corrected chi connectivity index (χ2v) is 4.79. The zero-order valence-electron chi connectivity index (χ0n) is 11.9. The maximum Gasteiger partial charge on any atom is 0.416 e. The number of halogens is 3. The Bertz CT molecular complexity index is 779. The number of rotatable bonds is 3. The third kappa shape index (κ3) is 3.91. The highest BCUT2D eigenvalue weighted by molar-refractivity contribution is 5.91. The lowest BCUT2D eigenvalue weighted by Crippen LogP contribution is -2.18. The molecule has 0 amide bonds. The lowest BCUT2D eigenvalue weighted by atomic mass is 10.1. The Morgan fingerprint density at radius 3 is 2.43 bits per heavy atom. The number of nitrogens with zero attached hydrogens (tertiary/aromatic N) is 1. The van der Waals surface area contributed by atoms with Crippen molar-refractivity contribution >= 4 is 5.97 Å². The number of aromatic hydroxyl groups is 1. The second kappa shape index (κ2) is 6.15. The van der Waals surface area contributed by atoms with E-state index < -0.39 is 29.0 Å². The summed E-state index contributed by atoms with van der Waals surface area (Å²) in [7, 11) is 1.40. The standard InChI is InChI=1S/C15H12F3NO4/c1-19-7-11(12(20)6-13(19)21)14(22)23-8-9-2-4-10(5-3-9)15(16,17)18/h2-7,20H,8H2,1H3. The van der Waals surface area contributed by atoms with Crippen LogP contribution in [0.4, 0.5) is 13.2 Å². The second-order valence-electron chi connectivity index (χ2n) is 4.79. The summed E-state index contributed by atoms with van der Waals surface area (Å²) in [4.78, 5) is 23.1. The Kier molecular flexibility index (Phi) is 4.44. The summed E-state index contributed by atoms with van der Waals surface area (Å²) in [6, 6.07) is 5.02. The molecule has 2 aromatic rings. The van der Waals surface area contributed by atoms with Crippen molar-refractivity contribution in [2.75, 3.05) is 0 Å². The van der Waals surface area contributed by atoms with Gasteiger partial charge in [0.1, 0.15) is 17.9 Å². The van der Waals surface area contributed by atoms with Crippen LogP contribution >= 0.6 is 0 Å². The normalized spacial score (nSPS) is 11.3. The van der Waals surface area contributed by atoms with Crippen molar-refractivity contribution in [3.63, 3.8) is 0 Å². The molecule has 0 atom stereocenters. The van der Waals surface area contributed by atoms with Gasteiger partial charge in [0.05, 0.1) is 5.56 Å². The van der Waals surface area contributed by atoms with Crippen LogP contribution in [0.15, 0.2) is 41.3 Å². The van der Waals surface area contributed by atoms with Crippen LogP contribution in [0.5, 0.6) is 5.75 Å². The number of alkyl halides is 3. The molecule has 0 fully saturated rings. The quantitative estimate of drug-likeness (QED) is 0.880. The van der Waals surface area contributed by atoms with E-state index in [2.05, 4.69) is 0 Å². The number of aromatic nitrogens is 1. The number of ether oxygens (including phenoxy) is 1. The summed E-state index contributed by atoms with van der Waals surface area (Å²) >= 11 is 0. The molecule has 23 heavy (non-hydrogen) atoms. The average molecular weight is 327 g/mol. The van der Waals surface area contributed by atoms with E-state index in [0.717, 1.165) is 29.0 Å². The smallest absolute Gasteiger partial charge is 0.416 e. The summed E-state index contributed by atoms with van der Waals surface area (Å²) in [5.74, 6) is -1.41. The first-order chi connectivity index (χ1) is 10.7. The Morgan fingerprint density at radius 2 is 1.87 bits per heavy atom. The van der Waals surface area contributed by atoms with Gasteiger partial charge in [-0.25, -0.2) is 4.79 Å². The predicted molar refractivity (Wildman–Crippen MR) is 73.9 cm³/mol. The SMILES string of the molecule is Cn1cc(C(=O)OCc2ccc(C(F)(F)F)cc2)c(O)cc1=O. The van der Waals surface area contributed by atoms with Gasteiger partial charge in [-0.05, 0) is 17.7 Å². The molecule has 0 bridgehead atoms. The predicted octanol–water partition coefficient (Wildman–Crippen LogP) is 2.47. The highest BCUT2D eigenvalue weighted by Crippen LogP contribution is 2.29. The Morgan fingerprint density at radius 1 is 1.26 bits per heavy atom. The molecule has 0 saturated carbocycles. The minimum absolute atomic E-state index is 0.209. The summed E-state index contributed by atoms with van der Waals surface area (Å²) in [6.45, 7) is -0.265. The molecule has 1 aromatic heterocycles. The molecule has 0 radical (unpaired) electrons. The van der Waals surface area contributed by atoms with Crippen molar-refractivity contribution in [1.82, 2.24) is 4.57 Å². The van der Waals surface area contributed by atoms with Crippen LogP contribution in [0.1, 0.15) is 21.5 Å². The Balaban J connectivity index is 2.08. The zero-order chi connectivity index (χ0) is 17.2. The summed E-state index contributed by atoms with van der Waals surface area (Å²) in [5, 5.41) is 9.57. The molecule has 1 N–H and O–H groups in total. The molecule has 0 unspecified atom stereocenters. The Hall–Kier alpha value is -2.77.